The third kappa shape index (κ3) is 3.22. The maximum atomic E-state index is 9.00. The highest BCUT2D eigenvalue weighted by molar-refractivity contribution is 9.09. The van der Waals surface area contributed by atoms with Gasteiger partial charge in [0.2, 0.25) is 0 Å². The minimum Gasteiger partial charge on any atom is -0.392 e. The number of hydrogen-bond donors (Lipinski definition) is 1. The number of aliphatic hydroxyl groups is 1. The lowest BCUT2D eigenvalue weighted by atomic mass is 10.1. The molecule has 0 fully saturated rings. The number of alkyl halides is 1. The molecule has 0 spiro atoms. The second-order valence-corrected chi connectivity index (χ2v) is 3.35. The Morgan fingerprint density at radius 2 is 2.08 bits per heavy atom. The van der Waals surface area contributed by atoms with Crippen molar-refractivity contribution in [1.82, 2.24) is 0 Å². The SMILES string of the molecule is OCc1ccccc1C#CCCBr. The monoisotopic (exact) mass is 238 g/mol. The minimum atomic E-state index is 0.0547. The van der Waals surface area contributed by atoms with Gasteiger partial charge in [-0.15, -0.1) is 0 Å². The fourth-order valence-corrected chi connectivity index (χ4v) is 1.18. The van der Waals surface area contributed by atoms with E-state index in [1.54, 1.807) is 0 Å². The topological polar surface area (TPSA) is 20.2 Å². The summed E-state index contributed by atoms with van der Waals surface area (Å²) in [5.41, 5.74) is 1.82. The van der Waals surface area contributed by atoms with Crippen LogP contribution >= 0.6 is 15.9 Å². The van der Waals surface area contributed by atoms with E-state index in [-0.39, 0.29) is 6.61 Å². The van der Waals surface area contributed by atoms with Crippen molar-refractivity contribution in [3.05, 3.63) is 35.4 Å². The van der Waals surface area contributed by atoms with Crippen molar-refractivity contribution in [3.8, 4) is 11.8 Å². The standard InChI is InChI=1S/C11H11BrO/c12-8-4-3-6-10-5-1-2-7-11(10)9-13/h1-2,5,7,13H,4,8-9H2. The molecule has 13 heavy (non-hydrogen) atoms. The van der Waals surface area contributed by atoms with Crippen LogP contribution in [0.2, 0.25) is 0 Å². The van der Waals surface area contributed by atoms with Gasteiger partial charge in [0, 0.05) is 17.3 Å². The molecule has 2 heteroatoms. The van der Waals surface area contributed by atoms with E-state index in [0.717, 1.165) is 22.9 Å². The highest BCUT2D eigenvalue weighted by Gasteiger charge is 1.94. The van der Waals surface area contributed by atoms with Crippen molar-refractivity contribution >= 4 is 15.9 Å². The summed E-state index contributed by atoms with van der Waals surface area (Å²) in [5.74, 6) is 6.04. The van der Waals surface area contributed by atoms with Crippen LogP contribution < -0.4 is 0 Å². The Kier molecular flexibility index (Phi) is 4.59. The lowest BCUT2D eigenvalue weighted by molar-refractivity contribution is 0.281. The van der Waals surface area contributed by atoms with Crippen LogP contribution in [0.25, 0.3) is 0 Å². The van der Waals surface area contributed by atoms with Gasteiger partial charge in [0.1, 0.15) is 0 Å². The van der Waals surface area contributed by atoms with Gasteiger partial charge in [0.25, 0.3) is 0 Å². The molecule has 0 radical (unpaired) electrons. The summed E-state index contributed by atoms with van der Waals surface area (Å²) in [4.78, 5) is 0. The molecular formula is C11H11BrO. The van der Waals surface area contributed by atoms with Crippen molar-refractivity contribution < 1.29 is 5.11 Å². The quantitative estimate of drug-likeness (QED) is 0.620. The van der Waals surface area contributed by atoms with E-state index in [0.29, 0.717) is 0 Å². The van der Waals surface area contributed by atoms with Gasteiger partial charge >= 0.3 is 0 Å². The van der Waals surface area contributed by atoms with E-state index in [9.17, 15) is 0 Å². The third-order valence-corrected chi connectivity index (χ3v) is 2.03. The Balaban J connectivity index is 2.82. The van der Waals surface area contributed by atoms with Crippen LogP contribution in [0.4, 0.5) is 0 Å². The predicted molar refractivity (Wildman–Crippen MR) is 57.7 cm³/mol. The highest BCUT2D eigenvalue weighted by atomic mass is 79.9. The largest absolute Gasteiger partial charge is 0.392 e. The molecule has 1 nitrogen and oxygen atoms in total. The minimum absolute atomic E-state index is 0.0547. The summed E-state index contributed by atoms with van der Waals surface area (Å²) in [7, 11) is 0. The average molecular weight is 239 g/mol. The van der Waals surface area contributed by atoms with E-state index >= 15 is 0 Å². The summed E-state index contributed by atoms with van der Waals surface area (Å²) in [6.45, 7) is 0.0547. The fraction of sp³-hybridized carbons (Fsp3) is 0.273. The van der Waals surface area contributed by atoms with Crippen LogP contribution in [0, 0.1) is 11.8 Å². The molecule has 0 saturated carbocycles. The molecule has 0 saturated heterocycles. The first-order valence-electron chi connectivity index (χ1n) is 4.12. The zero-order valence-corrected chi connectivity index (χ0v) is 8.84. The molecule has 0 aliphatic heterocycles. The summed E-state index contributed by atoms with van der Waals surface area (Å²) >= 11 is 3.31. The smallest absolute Gasteiger partial charge is 0.0694 e. The molecule has 0 heterocycles. The second kappa shape index (κ2) is 5.80. The number of halogens is 1. The van der Waals surface area contributed by atoms with Crippen molar-refractivity contribution in [1.29, 1.82) is 0 Å². The predicted octanol–water partition coefficient (Wildman–Crippen LogP) is 2.32. The Morgan fingerprint density at radius 1 is 1.31 bits per heavy atom. The zero-order valence-electron chi connectivity index (χ0n) is 7.26. The molecule has 1 aromatic rings. The van der Waals surface area contributed by atoms with Gasteiger partial charge in [-0.05, 0) is 11.6 Å². The Bertz CT molecular complexity index is 322. The van der Waals surface area contributed by atoms with Crippen LogP contribution in [0.15, 0.2) is 24.3 Å². The molecular weight excluding hydrogens is 228 g/mol. The lowest BCUT2D eigenvalue weighted by Gasteiger charge is -1.98. The molecule has 0 bridgehead atoms. The molecule has 1 rings (SSSR count). The summed E-state index contributed by atoms with van der Waals surface area (Å²) in [6, 6.07) is 7.64. The first-order valence-corrected chi connectivity index (χ1v) is 5.24. The van der Waals surface area contributed by atoms with E-state index < -0.39 is 0 Å². The molecule has 1 N–H and O–H groups in total. The third-order valence-electron chi connectivity index (χ3n) is 1.63. The van der Waals surface area contributed by atoms with Gasteiger partial charge in [-0.2, -0.15) is 0 Å². The van der Waals surface area contributed by atoms with Crippen molar-refractivity contribution in [2.75, 3.05) is 5.33 Å². The van der Waals surface area contributed by atoms with Crippen LogP contribution in [-0.2, 0) is 6.61 Å². The first-order chi connectivity index (χ1) is 6.38. The maximum Gasteiger partial charge on any atom is 0.0694 e. The molecule has 0 aromatic heterocycles. The number of aliphatic hydroxyl groups excluding tert-OH is 1. The van der Waals surface area contributed by atoms with E-state index in [4.69, 9.17) is 5.11 Å². The van der Waals surface area contributed by atoms with Gasteiger partial charge in [0.15, 0.2) is 0 Å². The van der Waals surface area contributed by atoms with Crippen LogP contribution in [0.3, 0.4) is 0 Å². The summed E-state index contributed by atoms with van der Waals surface area (Å²) in [6.07, 6.45) is 0.833. The number of hydrogen-bond acceptors (Lipinski definition) is 1. The van der Waals surface area contributed by atoms with E-state index in [1.165, 1.54) is 0 Å². The fourth-order valence-electron chi connectivity index (χ4n) is 0.985. The van der Waals surface area contributed by atoms with Crippen molar-refractivity contribution in [3.63, 3.8) is 0 Å². The Labute approximate surface area is 86.9 Å². The van der Waals surface area contributed by atoms with Gasteiger partial charge in [-0.25, -0.2) is 0 Å². The molecule has 0 atom stereocenters. The normalized spacial score (nSPS) is 9.08. The van der Waals surface area contributed by atoms with Crippen LogP contribution in [-0.4, -0.2) is 10.4 Å². The molecule has 68 valence electrons. The molecule has 0 aliphatic carbocycles. The Morgan fingerprint density at radius 3 is 2.77 bits per heavy atom. The van der Waals surface area contributed by atoms with Gasteiger partial charge < -0.3 is 5.11 Å². The van der Waals surface area contributed by atoms with Crippen molar-refractivity contribution in [2.45, 2.75) is 13.0 Å². The van der Waals surface area contributed by atoms with Crippen molar-refractivity contribution in [2.24, 2.45) is 0 Å². The molecule has 1 aromatic carbocycles. The molecule has 0 unspecified atom stereocenters. The summed E-state index contributed by atoms with van der Waals surface area (Å²) in [5, 5.41) is 9.89. The lowest BCUT2D eigenvalue weighted by Crippen LogP contribution is -1.87. The number of rotatable bonds is 2. The first kappa shape index (κ1) is 10.3. The van der Waals surface area contributed by atoms with E-state index in [1.807, 2.05) is 24.3 Å². The van der Waals surface area contributed by atoms with Crippen LogP contribution in [0.5, 0.6) is 0 Å². The maximum absolute atomic E-state index is 9.00. The Hall–Kier alpha value is -0.780. The van der Waals surface area contributed by atoms with E-state index in [2.05, 4.69) is 27.8 Å². The van der Waals surface area contributed by atoms with Gasteiger partial charge in [-0.1, -0.05) is 46.0 Å². The molecule has 0 aliphatic rings. The summed E-state index contributed by atoms with van der Waals surface area (Å²) < 4.78 is 0. The second-order valence-electron chi connectivity index (χ2n) is 2.56. The van der Waals surface area contributed by atoms with Gasteiger partial charge in [0.05, 0.1) is 6.61 Å². The average Bonchev–Trinajstić information content (AvgIpc) is 2.19. The zero-order chi connectivity index (χ0) is 9.52. The highest BCUT2D eigenvalue weighted by Crippen LogP contribution is 2.06. The van der Waals surface area contributed by atoms with Crippen LogP contribution in [0.1, 0.15) is 17.5 Å². The van der Waals surface area contributed by atoms with Gasteiger partial charge in [-0.3, -0.25) is 0 Å². The number of benzene rings is 1. The molecule has 0 amide bonds.